The van der Waals surface area contributed by atoms with Crippen LogP contribution < -0.4 is 5.32 Å². The number of carboxylic acids is 1. The molecule has 2 aromatic rings. The highest BCUT2D eigenvalue weighted by Crippen LogP contribution is 2.32. The predicted molar refractivity (Wildman–Crippen MR) is 80.5 cm³/mol. The number of hydrogen-bond acceptors (Lipinski definition) is 5. The first-order valence-corrected chi connectivity index (χ1v) is 7.36. The lowest BCUT2D eigenvalue weighted by molar-refractivity contribution is -0.138. The first-order valence-electron chi connectivity index (χ1n) is 7.36. The number of rotatable bonds is 8. The van der Waals surface area contributed by atoms with E-state index in [-0.39, 0.29) is 31.6 Å². The predicted octanol–water partition coefficient (Wildman–Crippen LogP) is 1.25. The number of halogens is 3. The van der Waals surface area contributed by atoms with Crippen LogP contribution in [0, 0.1) is 0 Å². The van der Waals surface area contributed by atoms with Crippen LogP contribution in [0.25, 0.3) is 0 Å². The number of nitrogens with one attached hydrogen (secondary N) is 1. The van der Waals surface area contributed by atoms with E-state index in [0.717, 1.165) is 12.1 Å². The molecule has 0 radical (unpaired) electrons. The fourth-order valence-corrected chi connectivity index (χ4v) is 2.36. The second kappa shape index (κ2) is 7.62. The largest absolute Gasteiger partial charge is 0.480 e. The molecule has 0 aliphatic heterocycles. The Balaban J connectivity index is 2.19. The highest BCUT2D eigenvalue weighted by Gasteiger charge is 2.33. The Kier molecular flexibility index (Phi) is 5.75. The van der Waals surface area contributed by atoms with Gasteiger partial charge in [-0.1, -0.05) is 12.1 Å². The molecule has 10 heteroatoms. The van der Waals surface area contributed by atoms with E-state index in [9.17, 15) is 23.1 Å². The average Bonchev–Trinajstić information content (AvgIpc) is 3.03. The average molecular weight is 358 g/mol. The van der Waals surface area contributed by atoms with Gasteiger partial charge in [0, 0.05) is 0 Å². The first-order chi connectivity index (χ1) is 11.7. The molecular weight excluding hydrogens is 341 g/mol. The number of aliphatic carboxylic acids is 1. The third-order valence-corrected chi connectivity index (χ3v) is 3.63. The van der Waals surface area contributed by atoms with Crippen molar-refractivity contribution in [3.8, 4) is 0 Å². The van der Waals surface area contributed by atoms with Crippen molar-refractivity contribution in [2.24, 2.45) is 0 Å². The monoisotopic (exact) mass is 358 g/mol. The fourth-order valence-electron chi connectivity index (χ4n) is 2.36. The van der Waals surface area contributed by atoms with Crippen LogP contribution >= 0.6 is 0 Å². The molecule has 0 aliphatic carbocycles. The van der Waals surface area contributed by atoms with Crippen LogP contribution in [0.1, 0.15) is 17.5 Å². The summed E-state index contributed by atoms with van der Waals surface area (Å²) >= 11 is 0. The van der Waals surface area contributed by atoms with Crippen molar-refractivity contribution >= 4 is 5.97 Å². The van der Waals surface area contributed by atoms with Gasteiger partial charge >= 0.3 is 12.1 Å². The molecule has 2 rings (SSSR count). The lowest BCUT2D eigenvalue weighted by Gasteiger charge is -2.29. The van der Waals surface area contributed by atoms with Crippen LogP contribution in [0.2, 0.25) is 0 Å². The molecule has 3 N–H and O–H groups in total. The van der Waals surface area contributed by atoms with Crippen molar-refractivity contribution in [3.63, 3.8) is 0 Å². The summed E-state index contributed by atoms with van der Waals surface area (Å²) in [5.41, 5.74) is -2.08. The zero-order valence-corrected chi connectivity index (χ0v) is 13.1. The molecule has 1 unspecified atom stereocenters. The van der Waals surface area contributed by atoms with Gasteiger partial charge in [-0.05, 0) is 30.7 Å². The maximum Gasteiger partial charge on any atom is 0.416 e. The summed E-state index contributed by atoms with van der Waals surface area (Å²) in [4.78, 5) is 14.3. The van der Waals surface area contributed by atoms with Crippen molar-refractivity contribution in [1.29, 1.82) is 0 Å². The van der Waals surface area contributed by atoms with Gasteiger partial charge in [0.05, 0.1) is 18.7 Å². The normalized spacial score (nSPS) is 14.2. The quantitative estimate of drug-likeness (QED) is 0.614. The summed E-state index contributed by atoms with van der Waals surface area (Å²) in [7, 11) is 0. The molecule has 1 aromatic heterocycles. The zero-order valence-electron chi connectivity index (χ0n) is 13.1. The Bertz CT molecular complexity index is 689. The van der Waals surface area contributed by atoms with Crippen LogP contribution in [-0.4, -0.2) is 44.0 Å². The molecule has 25 heavy (non-hydrogen) atoms. The fraction of sp³-hybridized carbons (Fsp3) is 0.400. The van der Waals surface area contributed by atoms with Gasteiger partial charge in [-0.15, -0.1) is 0 Å². The third kappa shape index (κ3) is 5.26. The minimum Gasteiger partial charge on any atom is -0.480 e. The molecule has 136 valence electrons. The number of aliphatic hydroxyl groups is 1. The highest BCUT2D eigenvalue weighted by molar-refractivity contribution is 5.68. The van der Waals surface area contributed by atoms with Crippen LogP contribution in [0.5, 0.6) is 0 Å². The third-order valence-electron chi connectivity index (χ3n) is 3.63. The second-order valence-corrected chi connectivity index (χ2v) is 5.52. The summed E-state index contributed by atoms with van der Waals surface area (Å²) < 4.78 is 39.4. The number of benzene rings is 1. The molecule has 0 saturated heterocycles. The second-order valence-electron chi connectivity index (χ2n) is 5.52. The van der Waals surface area contributed by atoms with Crippen LogP contribution in [0.3, 0.4) is 0 Å². The Hall–Kier alpha value is -2.46. The van der Waals surface area contributed by atoms with Gasteiger partial charge in [0.15, 0.2) is 0 Å². The van der Waals surface area contributed by atoms with Gasteiger partial charge in [0.25, 0.3) is 0 Å². The van der Waals surface area contributed by atoms with Crippen molar-refractivity contribution in [2.45, 2.75) is 24.7 Å². The Labute approximate surface area is 141 Å². The van der Waals surface area contributed by atoms with Crippen molar-refractivity contribution in [3.05, 3.63) is 48.0 Å². The van der Waals surface area contributed by atoms with Gasteiger partial charge in [0.1, 0.15) is 18.3 Å². The Morgan fingerprint density at radius 2 is 1.84 bits per heavy atom. The van der Waals surface area contributed by atoms with E-state index in [2.05, 4.69) is 15.4 Å². The van der Waals surface area contributed by atoms with Crippen molar-refractivity contribution in [2.75, 3.05) is 13.1 Å². The van der Waals surface area contributed by atoms with E-state index >= 15 is 0 Å². The molecule has 0 fully saturated rings. The van der Waals surface area contributed by atoms with Gasteiger partial charge in [-0.25, -0.2) is 9.67 Å². The zero-order chi connectivity index (χ0) is 18.5. The van der Waals surface area contributed by atoms with Crippen LogP contribution in [0.4, 0.5) is 13.2 Å². The Morgan fingerprint density at radius 1 is 1.20 bits per heavy atom. The van der Waals surface area contributed by atoms with Crippen molar-refractivity contribution in [1.82, 2.24) is 20.1 Å². The topological polar surface area (TPSA) is 100 Å². The molecule has 1 atom stereocenters. The number of carboxylic acid groups (broad SMARTS) is 1. The first kappa shape index (κ1) is 18.9. The summed E-state index contributed by atoms with van der Waals surface area (Å²) in [6.07, 6.45) is -1.74. The lowest BCUT2D eigenvalue weighted by atomic mass is 9.89. The number of aromatic nitrogens is 3. The smallest absolute Gasteiger partial charge is 0.416 e. The summed E-state index contributed by atoms with van der Waals surface area (Å²) in [6.45, 7) is -0.169. The molecule has 0 saturated carbocycles. The molecule has 0 spiro atoms. The van der Waals surface area contributed by atoms with Crippen LogP contribution in [0.15, 0.2) is 36.9 Å². The molecule has 0 amide bonds. The SMILES string of the molecule is O=C(O)CNCCC(O)(Cn1cncn1)c1ccc(C(F)(F)F)cc1. The Morgan fingerprint density at radius 3 is 2.36 bits per heavy atom. The van der Waals surface area contributed by atoms with Gasteiger partial charge < -0.3 is 15.5 Å². The maximum atomic E-state index is 12.7. The standard InChI is InChI=1S/C15H17F3N4O3/c16-15(17,18)12-3-1-11(2-4-12)14(25,5-6-19-7-13(23)24)8-22-10-20-9-21-22/h1-4,9-10,19,25H,5-8H2,(H,23,24). The summed E-state index contributed by atoms with van der Waals surface area (Å²) in [5.74, 6) is -1.05. The minimum atomic E-state index is -4.47. The molecule has 1 aromatic carbocycles. The number of carbonyl (C=O) groups is 1. The van der Waals surface area contributed by atoms with E-state index in [4.69, 9.17) is 5.11 Å². The number of nitrogens with zero attached hydrogens (tertiary/aromatic N) is 3. The molecule has 7 nitrogen and oxygen atoms in total. The van der Waals surface area contributed by atoms with Crippen LogP contribution in [-0.2, 0) is 23.1 Å². The van der Waals surface area contributed by atoms with E-state index in [0.29, 0.717) is 0 Å². The maximum absolute atomic E-state index is 12.7. The molecule has 0 aliphatic rings. The van der Waals surface area contributed by atoms with Gasteiger partial charge in [-0.2, -0.15) is 18.3 Å². The molecule has 0 bridgehead atoms. The molecule has 1 heterocycles. The summed E-state index contributed by atoms with van der Waals surface area (Å²) in [6, 6.07) is 4.20. The molecular formula is C15H17F3N4O3. The lowest BCUT2D eigenvalue weighted by Crippen LogP contribution is -2.36. The van der Waals surface area contributed by atoms with E-state index < -0.39 is 23.3 Å². The van der Waals surface area contributed by atoms with E-state index in [1.54, 1.807) is 0 Å². The highest BCUT2D eigenvalue weighted by atomic mass is 19.4. The number of alkyl halides is 3. The number of hydrogen-bond donors (Lipinski definition) is 3. The van der Waals surface area contributed by atoms with E-state index in [1.807, 2.05) is 0 Å². The summed E-state index contributed by atoms with van der Waals surface area (Å²) in [5, 5.41) is 26.1. The van der Waals surface area contributed by atoms with Gasteiger partial charge in [0.2, 0.25) is 0 Å². The van der Waals surface area contributed by atoms with Crippen molar-refractivity contribution < 1.29 is 28.2 Å². The van der Waals surface area contributed by atoms with Gasteiger partial charge in [-0.3, -0.25) is 4.79 Å². The van der Waals surface area contributed by atoms with E-state index in [1.165, 1.54) is 29.5 Å². The minimum absolute atomic E-state index is 0.0346.